The van der Waals surface area contributed by atoms with Crippen molar-refractivity contribution in [3.63, 3.8) is 0 Å². The maximum atomic E-state index is 13.0. The van der Waals surface area contributed by atoms with Crippen molar-refractivity contribution in [1.29, 1.82) is 0 Å². The van der Waals surface area contributed by atoms with E-state index >= 15 is 0 Å². The molecule has 1 aliphatic rings. The monoisotopic (exact) mass is 380 g/mol. The van der Waals surface area contributed by atoms with Gasteiger partial charge in [-0.15, -0.1) is 0 Å². The Morgan fingerprint density at radius 2 is 1.85 bits per heavy atom. The third-order valence-electron chi connectivity index (χ3n) is 4.05. The summed E-state index contributed by atoms with van der Waals surface area (Å²) in [5.74, 6) is 0.0839. The molecule has 1 heterocycles. The number of rotatable bonds is 5. The lowest BCUT2D eigenvalue weighted by Gasteiger charge is -2.26. The van der Waals surface area contributed by atoms with Gasteiger partial charge in [-0.1, -0.05) is 12.5 Å². The minimum atomic E-state index is -3.62. The molecule has 1 amide bonds. The van der Waals surface area contributed by atoms with Crippen LogP contribution in [0.4, 0.5) is 0 Å². The number of hydrogen-bond donors (Lipinski definition) is 1. The van der Waals surface area contributed by atoms with Crippen LogP contribution in [0.2, 0.25) is 0 Å². The predicted octanol–water partition coefficient (Wildman–Crippen LogP) is 2.80. The third-order valence-corrected chi connectivity index (χ3v) is 5.97. The van der Waals surface area contributed by atoms with Crippen LogP contribution in [0.25, 0.3) is 6.08 Å². The first-order valence-corrected chi connectivity index (χ1v) is 10.3. The molecule has 0 unspecified atom stereocenters. The zero-order chi connectivity index (χ0) is 19.4. The lowest BCUT2D eigenvalue weighted by atomic mass is 10.1. The van der Waals surface area contributed by atoms with E-state index in [0.29, 0.717) is 24.4 Å². The van der Waals surface area contributed by atoms with Crippen LogP contribution in [0.3, 0.4) is 0 Å². The smallest absolute Gasteiger partial charge is 0.246 e. The van der Waals surface area contributed by atoms with Crippen LogP contribution in [-0.4, -0.2) is 44.4 Å². The summed E-state index contributed by atoms with van der Waals surface area (Å²) in [6.07, 6.45) is 5.80. The second-order valence-electron chi connectivity index (χ2n) is 7.45. The largest absolute Gasteiger partial charge is 0.495 e. The van der Waals surface area contributed by atoms with Gasteiger partial charge >= 0.3 is 0 Å². The van der Waals surface area contributed by atoms with Gasteiger partial charge in [-0.2, -0.15) is 4.31 Å². The number of piperidine rings is 1. The maximum absolute atomic E-state index is 13.0. The van der Waals surface area contributed by atoms with Crippen molar-refractivity contribution in [1.82, 2.24) is 9.62 Å². The van der Waals surface area contributed by atoms with E-state index in [-0.39, 0.29) is 16.3 Å². The number of methoxy groups -OCH3 is 1. The lowest BCUT2D eigenvalue weighted by molar-refractivity contribution is -0.117. The lowest BCUT2D eigenvalue weighted by Crippen LogP contribution is -2.39. The first kappa shape index (κ1) is 20.5. The van der Waals surface area contributed by atoms with Gasteiger partial charge in [0.1, 0.15) is 10.6 Å². The van der Waals surface area contributed by atoms with Crippen LogP contribution in [0, 0.1) is 0 Å². The zero-order valence-electron chi connectivity index (χ0n) is 15.9. The molecular weight excluding hydrogens is 352 g/mol. The highest BCUT2D eigenvalue weighted by Crippen LogP contribution is 2.29. The van der Waals surface area contributed by atoms with E-state index in [1.807, 2.05) is 20.8 Å². The molecule has 1 fully saturated rings. The van der Waals surface area contributed by atoms with Crippen molar-refractivity contribution in [3.8, 4) is 5.75 Å². The minimum absolute atomic E-state index is 0.139. The summed E-state index contributed by atoms with van der Waals surface area (Å²) in [5.41, 5.74) is 0.301. The van der Waals surface area contributed by atoms with Crippen LogP contribution in [0.1, 0.15) is 45.6 Å². The van der Waals surface area contributed by atoms with Crippen LogP contribution in [-0.2, 0) is 14.8 Å². The Morgan fingerprint density at radius 1 is 1.19 bits per heavy atom. The van der Waals surface area contributed by atoms with Gasteiger partial charge in [0, 0.05) is 24.7 Å². The maximum Gasteiger partial charge on any atom is 0.246 e. The quantitative estimate of drug-likeness (QED) is 0.797. The summed E-state index contributed by atoms with van der Waals surface area (Å²) in [6.45, 7) is 6.75. The molecule has 1 aliphatic heterocycles. The molecular formula is C19H28N2O4S. The fourth-order valence-electron chi connectivity index (χ4n) is 2.83. The molecule has 1 aromatic rings. The number of hydrogen-bond acceptors (Lipinski definition) is 4. The molecule has 1 aromatic carbocycles. The standard InChI is InChI=1S/C19H28N2O4S/c1-19(2,3)20-18(22)11-9-15-8-10-16(25-4)17(14-15)26(23,24)21-12-6-5-7-13-21/h8-11,14H,5-7,12-13H2,1-4H3,(H,20,22)/b11-9+. The molecule has 0 saturated carbocycles. The van der Waals surface area contributed by atoms with E-state index < -0.39 is 10.0 Å². The zero-order valence-corrected chi connectivity index (χ0v) is 16.7. The molecule has 6 nitrogen and oxygen atoms in total. The van der Waals surface area contributed by atoms with E-state index in [1.165, 1.54) is 17.5 Å². The SMILES string of the molecule is COc1ccc(/C=C/C(=O)NC(C)(C)C)cc1S(=O)(=O)N1CCCCC1. The molecule has 0 atom stereocenters. The molecule has 7 heteroatoms. The van der Waals surface area contributed by atoms with Crippen molar-refractivity contribution >= 4 is 22.0 Å². The van der Waals surface area contributed by atoms with E-state index in [0.717, 1.165) is 19.3 Å². The Labute approximate surface area is 156 Å². The number of nitrogens with zero attached hydrogens (tertiary/aromatic N) is 1. The second kappa shape index (κ2) is 8.22. The molecule has 1 saturated heterocycles. The summed E-state index contributed by atoms with van der Waals surface area (Å²) in [4.78, 5) is 12.1. The van der Waals surface area contributed by atoms with Gasteiger partial charge in [-0.05, 0) is 57.4 Å². The van der Waals surface area contributed by atoms with Gasteiger partial charge in [-0.25, -0.2) is 8.42 Å². The molecule has 0 bridgehead atoms. The van der Waals surface area contributed by atoms with Crippen molar-refractivity contribution in [2.45, 2.75) is 50.5 Å². The molecule has 1 N–H and O–H groups in total. The van der Waals surface area contributed by atoms with Crippen LogP contribution in [0.5, 0.6) is 5.75 Å². The molecule has 0 spiro atoms. The average molecular weight is 381 g/mol. The Bertz CT molecular complexity index is 773. The Morgan fingerprint density at radius 3 is 2.42 bits per heavy atom. The number of amides is 1. The second-order valence-corrected chi connectivity index (χ2v) is 9.35. The van der Waals surface area contributed by atoms with E-state index in [2.05, 4.69) is 5.32 Å². The highest BCUT2D eigenvalue weighted by molar-refractivity contribution is 7.89. The van der Waals surface area contributed by atoms with Gasteiger partial charge in [0.25, 0.3) is 0 Å². The van der Waals surface area contributed by atoms with Gasteiger partial charge in [0.2, 0.25) is 15.9 Å². The fourth-order valence-corrected chi connectivity index (χ4v) is 4.53. The first-order chi connectivity index (χ1) is 12.1. The summed E-state index contributed by atoms with van der Waals surface area (Å²) < 4.78 is 32.7. The number of carbonyl (C=O) groups excluding carboxylic acids is 1. The summed E-state index contributed by atoms with van der Waals surface area (Å²) in [6, 6.07) is 4.91. The number of benzene rings is 1. The first-order valence-electron chi connectivity index (χ1n) is 8.82. The van der Waals surface area contributed by atoms with Crippen molar-refractivity contribution in [2.24, 2.45) is 0 Å². The molecule has 0 aromatic heterocycles. The van der Waals surface area contributed by atoms with Crippen LogP contribution in [0.15, 0.2) is 29.2 Å². The summed E-state index contributed by atoms with van der Waals surface area (Å²) in [5, 5.41) is 2.83. The van der Waals surface area contributed by atoms with Gasteiger partial charge in [0.05, 0.1) is 7.11 Å². The highest BCUT2D eigenvalue weighted by atomic mass is 32.2. The molecule has 0 aliphatic carbocycles. The van der Waals surface area contributed by atoms with Crippen LogP contribution < -0.4 is 10.1 Å². The van der Waals surface area contributed by atoms with Gasteiger partial charge < -0.3 is 10.1 Å². The molecule has 144 valence electrons. The predicted molar refractivity (Wildman–Crippen MR) is 103 cm³/mol. The van der Waals surface area contributed by atoms with E-state index in [4.69, 9.17) is 4.74 Å². The molecule has 0 radical (unpaired) electrons. The fraction of sp³-hybridized carbons (Fsp3) is 0.526. The Hall–Kier alpha value is -1.86. The Balaban J connectivity index is 2.29. The van der Waals surface area contributed by atoms with E-state index in [9.17, 15) is 13.2 Å². The Kier molecular flexibility index (Phi) is 6.47. The summed E-state index contributed by atoms with van der Waals surface area (Å²) in [7, 11) is -2.17. The average Bonchev–Trinajstić information content (AvgIpc) is 2.59. The molecule has 2 rings (SSSR count). The minimum Gasteiger partial charge on any atom is -0.495 e. The number of ether oxygens (including phenoxy) is 1. The molecule has 26 heavy (non-hydrogen) atoms. The number of nitrogens with one attached hydrogen (secondary N) is 1. The van der Waals surface area contributed by atoms with Crippen molar-refractivity contribution in [3.05, 3.63) is 29.8 Å². The highest BCUT2D eigenvalue weighted by Gasteiger charge is 2.29. The van der Waals surface area contributed by atoms with Gasteiger partial charge in [0.15, 0.2) is 0 Å². The number of carbonyl (C=O) groups is 1. The number of sulfonamides is 1. The topological polar surface area (TPSA) is 75.7 Å². The van der Waals surface area contributed by atoms with Crippen molar-refractivity contribution in [2.75, 3.05) is 20.2 Å². The van der Waals surface area contributed by atoms with E-state index in [1.54, 1.807) is 24.3 Å². The third kappa shape index (κ3) is 5.32. The van der Waals surface area contributed by atoms with Crippen molar-refractivity contribution < 1.29 is 17.9 Å². The normalized spacial score (nSPS) is 16.6. The van der Waals surface area contributed by atoms with Gasteiger partial charge in [-0.3, -0.25) is 4.79 Å². The van der Waals surface area contributed by atoms with Crippen LogP contribution >= 0.6 is 0 Å². The summed E-state index contributed by atoms with van der Waals surface area (Å²) >= 11 is 0.